The summed E-state index contributed by atoms with van der Waals surface area (Å²) >= 11 is 0. The van der Waals surface area contributed by atoms with Crippen molar-refractivity contribution in [1.29, 1.82) is 0 Å². The van der Waals surface area contributed by atoms with Gasteiger partial charge in [-0.1, -0.05) is 6.07 Å². The highest BCUT2D eigenvalue weighted by Crippen LogP contribution is 2.24. The number of imidazole rings is 1. The van der Waals surface area contributed by atoms with Crippen LogP contribution in [0.25, 0.3) is 11.0 Å². The molecule has 2 atom stereocenters. The van der Waals surface area contributed by atoms with Gasteiger partial charge in [0, 0.05) is 45.7 Å². The molecule has 2 fully saturated rings. The third-order valence-corrected chi connectivity index (χ3v) is 6.78. The van der Waals surface area contributed by atoms with Crippen molar-refractivity contribution in [2.24, 2.45) is 7.05 Å². The molecule has 0 bridgehead atoms. The summed E-state index contributed by atoms with van der Waals surface area (Å²) in [4.78, 5) is 53.4. The zero-order valence-corrected chi connectivity index (χ0v) is 21.2. The Hall–Kier alpha value is -3.14. The standard InChI is InChI=1S/C25H35N5O5/c1-16-15-29(24(34)35-25(2,3)4)13-12-28(16)11-10-17-6-7-18-20(14-17)27(5)23(33)30(18)19-8-9-21(31)26-22(19)32/h6-7,14,16,19H,8-13,15H2,1-5H3,(H,26,31,32). The summed E-state index contributed by atoms with van der Waals surface area (Å²) in [5.74, 6) is -0.734. The van der Waals surface area contributed by atoms with E-state index in [4.69, 9.17) is 4.74 Å². The predicted molar refractivity (Wildman–Crippen MR) is 131 cm³/mol. The van der Waals surface area contributed by atoms with Crippen LogP contribution < -0.4 is 11.0 Å². The molecule has 4 rings (SSSR count). The van der Waals surface area contributed by atoms with E-state index >= 15 is 0 Å². The molecule has 2 aromatic rings. The first-order valence-corrected chi connectivity index (χ1v) is 12.2. The van der Waals surface area contributed by atoms with Gasteiger partial charge >= 0.3 is 11.8 Å². The number of hydrogen-bond acceptors (Lipinski definition) is 6. The zero-order chi connectivity index (χ0) is 25.5. The van der Waals surface area contributed by atoms with Crippen LogP contribution in [0.3, 0.4) is 0 Å². The maximum absolute atomic E-state index is 13.0. The number of carbonyl (C=O) groups is 3. The van der Waals surface area contributed by atoms with E-state index in [9.17, 15) is 19.2 Å². The molecule has 35 heavy (non-hydrogen) atoms. The van der Waals surface area contributed by atoms with E-state index in [1.807, 2.05) is 39.0 Å². The second-order valence-electron chi connectivity index (χ2n) is 10.6. The number of nitrogens with one attached hydrogen (secondary N) is 1. The lowest BCUT2D eigenvalue weighted by molar-refractivity contribution is -0.135. The predicted octanol–water partition coefficient (Wildman–Crippen LogP) is 1.80. The van der Waals surface area contributed by atoms with Crippen molar-refractivity contribution in [2.75, 3.05) is 26.2 Å². The van der Waals surface area contributed by atoms with Crippen LogP contribution in [0.5, 0.6) is 0 Å². The number of rotatable bonds is 4. The van der Waals surface area contributed by atoms with Gasteiger partial charge in [-0.3, -0.25) is 28.9 Å². The van der Waals surface area contributed by atoms with Gasteiger partial charge < -0.3 is 9.64 Å². The van der Waals surface area contributed by atoms with Gasteiger partial charge in [-0.05, 0) is 58.2 Å². The van der Waals surface area contributed by atoms with Gasteiger partial charge in [0.2, 0.25) is 11.8 Å². The number of hydrogen-bond donors (Lipinski definition) is 1. The second-order valence-corrected chi connectivity index (χ2v) is 10.6. The molecule has 10 heteroatoms. The molecule has 2 aliphatic rings. The maximum Gasteiger partial charge on any atom is 0.410 e. The molecular weight excluding hydrogens is 450 g/mol. The van der Waals surface area contributed by atoms with E-state index in [0.717, 1.165) is 30.6 Å². The van der Waals surface area contributed by atoms with Crippen molar-refractivity contribution >= 4 is 28.9 Å². The quantitative estimate of drug-likeness (QED) is 0.662. The molecule has 190 valence electrons. The van der Waals surface area contributed by atoms with E-state index in [2.05, 4.69) is 17.1 Å². The summed E-state index contributed by atoms with van der Waals surface area (Å²) in [6.07, 6.45) is 1.07. The van der Waals surface area contributed by atoms with Gasteiger partial charge in [0.05, 0.1) is 11.0 Å². The first-order chi connectivity index (χ1) is 16.4. The minimum atomic E-state index is -0.683. The number of piperazine rings is 1. The molecule has 2 unspecified atom stereocenters. The Kier molecular flexibility index (Phi) is 6.77. The molecule has 2 aliphatic heterocycles. The van der Waals surface area contributed by atoms with Crippen molar-refractivity contribution < 1.29 is 19.1 Å². The summed E-state index contributed by atoms with van der Waals surface area (Å²) in [5, 5.41) is 2.34. The van der Waals surface area contributed by atoms with Crippen molar-refractivity contribution in [3.8, 4) is 0 Å². The highest BCUT2D eigenvalue weighted by atomic mass is 16.6. The molecule has 3 heterocycles. The number of piperidine rings is 1. The molecule has 0 saturated carbocycles. The van der Waals surface area contributed by atoms with Gasteiger partial charge in [-0.15, -0.1) is 0 Å². The fourth-order valence-electron chi connectivity index (χ4n) is 4.89. The molecule has 0 radical (unpaired) electrons. The summed E-state index contributed by atoms with van der Waals surface area (Å²) in [5.41, 5.74) is 1.77. The summed E-state index contributed by atoms with van der Waals surface area (Å²) < 4.78 is 8.57. The average molecular weight is 486 g/mol. The van der Waals surface area contributed by atoms with E-state index < -0.39 is 17.6 Å². The number of fused-ring (bicyclic) bond motifs is 1. The third kappa shape index (κ3) is 5.27. The minimum absolute atomic E-state index is 0.206. The normalized spacial score (nSPS) is 21.9. The first-order valence-electron chi connectivity index (χ1n) is 12.2. The van der Waals surface area contributed by atoms with E-state index in [1.165, 1.54) is 4.57 Å². The summed E-state index contributed by atoms with van der Waals surface area (Å²) in [7, 11) is 1.70. The van der Waals surface area contributed by atoms with Gasteiger partial charge in [-0.2, -0.15) is 0 Å². The molecule has 3 amide bonds. The Bertz CT molecular complexity index is 1210. The van der Waals surface area contributed by atoms with E-state index in [1.54, 1.807) is 16.5 Å². The Morgan fingerprint density at radius 3 is 2.54 bits per heavy atom. The Balaban J connectivity index is 1.43. The number of nitrogens with zero attached hydrogens (tertiary/aromatic N) is 4. The maximum atomic E-state index is 13.0. The number of ether oxygens (including phenoxy) is 1. The fourth-order valence-corrected chi connectivity index (χ4v) is 4.89. The molecule has 1 aromatic carbocycles. The zero-order valence-electron chi connectivity index (χ0n) is 21.2. The van der Waals surface area contributed by atoms with Gasteiger partial charge in [-0.25, -0.2) is 9.59 Å². The SMILES string of the molecule is CC1CN(C(=O)OC(C)(C)C)CCN1CCc1ccc2c(c1)n(C)c(=O)n2C1CCC(=O)NC1=O. The van der Waals surface area contributed by atoms with Crippen LogP contribution in [-0.2, 0) is 27.8 Å². The number of aromatic nitrogens is 2. The lowest BCUT2D eigenvalue weighted by Gasteiger charge is -2.40. The van der Waals surface area contributed by atoms with Crippen molar-refractivity contribution in [3.05, 3.63) is 34.2 Å². The van der Waals surface area contributed by atoms with Gasteiger partial charge in [0.25, 0.3) is 0 Å². The lowest BCUT2D eigenvalue weighted by Crippen LogP contribution is -2.54. The lowest BCUT2D eigenvalue weighted by atomic mass is 10.1. The number of amides is 3. The van der Waals surface area contributed by atoms with E-state index in [0.29, 0.717) is 25.0 Å². The molecule has 1 N–H and O–H groups in total. The van der Waals surface area contributed by atoms with Gasteiger partial charge in [0.1, 0.15) is 11.6 Å². The fraction of sp³-hybridized carbons (Fsp3) is 0.600. The van der Waals surface area contributed by atoms with Gasteiger partial charge in [0.15, 0.2) is 0 Å². The third-order valence-electron chi connectivity index (χ3n) is 6.78. The molecular formula is C25H35N5O5. The molecule has 1 aromatic heterocycles. The summed E-state index contributed by atoms with van der Waals surface area (Å²) in [6.45, 7) is 10.6. The Morgan fingerprint density at radius 1 is 1.14 bits per heavy atom. The topological polar surface area (TPSA) is 106 Å². The molecule has 0 spiro atoms. The molecule has 2 saturated heterocycles. The van der Waals surface area contributed by atoms with Crippen LogP contribution in [0.15, 0.2) is 23.0 Å². The largest absolute Gasteiger partial charge is 0.444 e. The Labute approximate surface area is 204 Å². The first kappa shape index (κ1) is 25.0. The van der Waals surface area contributed by atoms with Crippen molar-refractivity contribution in [1.82, 2.24) is 24.3 Å². The van der Waals surface area contributed by atoms with Crippen LogP contribution in [-0.4, -0.2) is 74.7 Å². The van der Waals surface area contributed by atoms with Crippen LogP contribution in [0.1, 0.15) is 52.1 Å². The minimum Gasteiger partial charge on any atom is -0.444 e. The van der Waals surface area contributed by atoms with Crippen molar-refractivity contribution in [3.63, 3.8) is 0 Å². The Morgan fingerprint density at radius 2 is 1.89 bits per heavy atom. The highest BCUT2D eigenvalue weighted by molar-refractivity contribution is 6.00. The van der Waals surface area contributed by atoms with Crippen LogP contribution >= 0.6 is 0 Å². The smallest absolute Gasteiger partial charge is 0.410 e. The van der Waals surface area contributed by atoms with Crippen LogP contribution in [0.2, 0.25) is 0 Å². The number of carbonyl (C=O) groups excluding carboxylic acids is 3. The number of imide groups is 1. The molecule has 0 aliphatic carbocycles. The highest BCUT2D eigenvalue weighted by Gasteiger charge is 2.32. The van der Waals surface area contributed by atoms with E-state index in [-0.39, 0.29) is 30.2 Å². The van der Waals surface area contributed by atoms with Crippen molar-refractivity contribution in [2.45, 2.75) is 64.6 Å². The molecule has 10 nitrogen and oxygen atoms in total. The second kappa shape index (κ2) is 9.49. The van der Waals surface area contributed by atoms with Crippen LogP contribution in [0.4, 0.5) is 4.79 Å². The number of aryl methyl sites for hydroxylation is 1. The number of benzene rings is 1. The monoisotopic (exact) mass is 485 g/mol. The van der Waals surface area contributed by atoms with Crippen LogP contribution in [0, 0.1) is 0 Å². The summed E-state index contributed by atoms with van der Waals surface area (Å²) in [6, 6.07) is 5.40. The average Bonchev–Trinajstić information content (AvgIpc) is 3.02.